The van der Waals surface area contributed by atoms with Gasteiger partial charge in [0.15, 0.2) is 5.82 Å². The second-order valence-corrected chi connectivity index (χ2v) is 6.23. The van der Waals surface area contributed by atoms with E-state index in [4.69, 9.17) is 9.63 Å². The minimum Gasteiger partial charge on any atom is -0.478 e. The van der Waals surface area contributed by atoms with E-state index >= 15 is 0 Å². The number of aromatic nitrogens is 1. The quantitative estimate of drug-likeness (QED) is 0.690. The smallest absolute Gasteiger partial charge is 0.335 e. The Morgan fingerprint density at radius 1 is 1.12 bits per heavy atom. The number of benzene rings is 1. The number of nitrogens with one attached hydrogen (secondary N) is 2. The molecule has 1 aromatic carbocycles. The van der Waals surface area contributed by atoms with Crippen molar-refractivity contribution in [2.45, 2.75) is 13.8 Å². The van der Waals surface area contributed by atoms with Gasteiger partial charge < -0.3 is 20.3 Å². The molecule has 2 rings (SSSR count). The molecule has 2 aromatic rings. The molecule has 0 aliphatic heterocycles. The number of aromatic carboxylic acids is 1. The molecular weight excluding hydrogens is 346 g/mol. The fraction of sp³-hybridized carbons (Fsp3) is 0.250. The summed E-state index contributed by atoms with van der Waals surface area (Å²) in [6.07, 6.45) is 0. The summed E-state index contributed by atoms with van der Waals surface area (Å²) in [5.41, 5.74) is 1.25. The fourth-order valence-electron chi connectivity index (χ4n) is 2.02. The number of nitrogens with zero attached hydrogens (tertiary/aromatic N) is 1. The molecule has 1 heterocycles. The zero-order chi connectivity index (χ0) is 18.4. The van der Waals surface area contributed by atoms with Gasteiger partial charge in [0.25, 0.3) is 0 Å². The van der Waals surface area contributed by atoms with Gasteiger partial charge in [0.2, 0.25) is 11.8 Å². The van der Waals surface area contributed by atoms with Crippen LogP contribution in [-0.2, 0) is 9.59 Å². The fourth-order valence-corrected chi connectivity index (χ4v) is 2.64. The summed E-state index contributed by atoms with van der Waals surface area (Å²) >= 11 is 1.15. The third kappa shape index (κ3) is 5.64. The lowest BCUT2D eigenvalue weighted by Gasteiger charge is -2.07. The molecule has 25 heavy (non-hydrogen) atoms. The number of carbonyl (C=O) groups is 3. The van der Waals surface area contributed by atoms with Crippen molar-refractivity contribution in [3.05, 3.63) is 41.2 Å². The number of carboxylic acids is 1. The summed E-state index contributed by atoms with van der Waals surface area (Å²) in [6.45, 7) is 3.37. The summed E-state index contributed by atoms with van der Waals surface area (Å²) in [6, 6.07) is 6.15. The molecule has 3 N–H and O–H groups in total. The van der Waals surface area contributed by atoms with E-state index in [1.807, 2.05) is 0 Å². The topological polar surface area (TPSA) is 122 Å². The average molecular weight is 363 g/mol. The molecule has 0 bridgehead atoms. The molecule has 1 aromatic heterocycles. The van der Waals surface area contributed by atoms with Gasteiger partial charge in [-0.05, 0) is 37.6 Å². The lowest BCUT2D eigenvalue weighted by molar-refractivity contribution is -0.114. The Morgan fingerprint density at radius 3 is 2.36 bits per heavy atom. The summed E-state index contributed by atoms with van der Waals surface area (Å²) in [5, 5.41) is 17.8. The Labute approximate surface area is 148 Å². The highest BCUT2D eigenvalue weighted by Gasteiger charge is 2.10. The lowest BCUT2D eigenvalue weighted by atomic mass is 10.1. The Bertz CT molecular complexity index is 803. The molecule has 0 unspecified atom stereocenters. The van der Waals surface area contributed by atoms with Gasteiger partial charge in [0.1, 0.15) is 5.76 Å². The van der Waals surface area contributed by atoms with Crippen molar-refractivity contribution in [1.82, 2.24) is 5.16 Å². The number of carboxylic acid groups (broad SMARTS) is 1. The maximum atomic E-state index is 11.9. The minimum atomic E-state index is -1.01. The van der Waals surface area contributed by atoms with Crippen LogP contribution in [0, 0.1) is 13.8 Å². The first-order valence-electron chi connectivity index (χ1n) is 7.30. The Morgan fingerprint density at radius 2 is 1.80 bits per heavy atom. The number of thioether (sulfide) groups is 1. The van der Waals surface area contributed by atoms with Crippen molar-refractivity contribution in [2.24, 2.45) is 0 Å². The number of anilines is 2. The van der Waals surface area contributed by atoms with E-state index < -0.39 is 5.97 Å². The van der Waals surface area contributed by atoms with Crippen LogP contribution < -0.4 is 10.6 Å². The van der Waals surface area contributed by atoms with Crippen LogP contribution >= 0.6 is 11.8 Å². The summed E-state index contributed by atoms with van der Waals surface area (Å²) < 4.78 is 4.83. The molecule has 9 heteroatoms. The standard InChI is InChI=1S/C16H17N3O5S/c1-9-5-11(3-4-12(9)16(22)23)17-14(20)7-25-8-15(21)18-13-6-10(2)24-19-13/h3-6H,7-8H2,1-2H3,(H,17,20)(H,22,23)(H,18,19,21). The van der Waals surface area contributed by atoms with Crippen LogP contribution in [0.5, 0.6) is 0 Å². The van der Waals surface area contributed by atoms with Gasteiger partial charge in [-0.1, -0.05) is 5.16 Å². The first-order valence-corrected chi connectivity index (χ1v) is 8.45. The molecule has 2 amide bonds. The third-order valence-electron chi connectivity index (χ3n) is 3.10. The van der Waals surface area contributed by atoms with Crippen molar-refractivity contribution < 1.29 is 24.0 Å². The van der Waals surface area contributed by atoms with Crippen molar-refractivity contribution in [3.8, 4) is 0 Å². The van der Waals surface area contributed by atoms with Crippen molar-refractivity contribution in [1.29, 1.82) is 0 Å². The van der Waals surface area contributed by atoms with Crippen LogP contribution in [-0.4, -0.2) is 39.6 Å². The predicted octanol–water partition coefficient (Wildman–Crippen LogP) is 2.30. The minimum absolute atomic E-state index is 0.0883. The van der Waals surface area contributed by atoms with E-state index in [0.29, 0.717) is 22.8 Å². The van der Waals surface area contributed by atoms with E-state index in [-0.39, 0.29) is 28.9 Å². The number of aryl methyl sites for hydroxylation is 2. The summed E-state index contributed by atoms with van der Waals surface area (Å²) in [4.78, 5) is 34.5. The maximum Gasteiger partial charge on any atom is 0.335 e. The van der Waals surface area contributed by atoms with Gasteiger partial charge >= 0.3 is 5.97 Å². The predicted molar refractivity (Wildman–Crippen MR) is 94.0 cm³/mol. The van der Waals surface area contributed by atoms with E-state index in [1.54, 1.807) is 26.0 Å². The highest BCUT2D eigenvalue weighted by molar-refractivity contribution is 8.00. The average Bonchev–Trinajstić information content (AvgIpc) is 2.91. The Kier molecular flexibility index (Phi) is 6.18. The van der Waals surface area contributed by atoms with Crippen molar-refractivity contribution >= 4 is 41.1 Å². The molecule has 0 atom stereocenters. The molecule has 132 valence electrons. The second-order valence-electron chi connectivity index (χ2n) is 5.25. The van der Waals surface area contributed by atoms with Gasteiger partial charge in [-0.15, -0.1) is 11.8 Å². The maximum absolute atomic E-state index is 11.9. The third-order valence-corrected chi connectivity index (χ3v) is 4.03. The molecule has 8 nitrogen and oxygen atoms in total. The van der Waals surface area contributed by atoms with Gasteiger partial charge in [-0.3, -0.25) is 9.59 Å². The Balaban J connectivity index is 1.76. The first kappa shape index (κ1) is 18.5. The monoisotopic (exact) mass is 363 g/mol. The van der Waals surface area contributed by atoms with E-state index in [9.17, 15) is 14.4 Å². The zero-order valence-corrected chi connectivity index (χ0v) is 14.5. The van der Waals surface area contributed by atoms with Gasteiger partial charge in [-0.25, -0.2) is 4.79 Å². The first-order chi connectivity index (χ1) is 11.8. The highest BCUT2D eigenvalue weighted by Crippen LogP contribution is 2.16. The molecule has 0 aliphatic rings. The van der Waals surface area contributed by atoms with Crippen LogP contribution in [0.2, 0.25) is 0 Å². The number of amides is 2. The summed E-state index contributed by atoms with van der Waals surface area (Å²) in [5.74, 6) is -0.473. The van der Waals surface area contributed by atoms with E-state index in [1.165, 1.54) is 12.1 Å². The van der Waals surface area contributed by atoms with Crippen LogP contribution in [0.4, 0.5) is 11.5 Å². The zero-order valence-electron chi connectivity index (χ0n) is 13.7. The van der Waals surface area contributed by atoms with Crippen molar-refractivity contribution in [2.75, 3.05) is 22.1 Å². The molecular formula is C16H17N3O5S. The molecule has 0 aliphatic carbocycles. The number of hydrogen-bond donors (Lipinski definition) is 3. The van der Waals surface area contributed by atoms with Gasteiger partial charge in [0, 0.05) is 11.8 Å². The number of hydrogen-bond acceptors (Lipinski definition) is 6. The number of rotatable bonds is 7. The summed E-state index contributed by atoms with van der Waals surface area (Å²) in [7, 11) is 0. The number of carbonyl (C=O) groups excluding carboxylic acids is 2. The second kappa shape index (κ2) is 8.34. The van der Waals surface area contributed by atoms with E-state index in [0.717, 1.165) is 11.8 Å². The van der Waals surface area contributed by atoms with E-state index in [2.05, 4.69) is 15.8 Å². The Hall–Kier alpha value is -2.81. The SMILES string of the molecule is Cc1cc(NC(=O)CSCC(=O)Nc2ccc(C(=O)O)c(C)c2)no1. The molecule has 0 radical (unpaired) electrons. The van der Waals surface area contributed by atoms with Crippen LogP contribution in [0.15, 0.2) is 28.8 Å². The van der Waals surface area contributed by atoms with Crippen LogP contribution in [0.3, 0.4) is 0 Å². The van der Waals surface area contributed by atoms with Gasteiger partial charge in [0.05, 0.1) is 17.1 Å². The lowest BCUT2D eigenvalue weighted by Crippen LogP contribution is -2.18. The molecule has 0 fully saturated rings. The normalized spacial score (nSPS) is 10.3. The van der Waals surface area contributed by atoms with Gasteiger partial charge in [-0.2, -0.15) is 0 Å². The molecule has 0 saturated carbocycles. The molecule has 0 spiro atoms. The highest BCUT2D eigenvalue weighted by atomic mass is 32.2. The van der Waals surface area contributed by atoms with Crippen LogP contribution in [0.25, 0.3) is 0 Å². The molecule has 0 saturated heterocycles. The van der Waals surface area contributed by atoms with Crippen LogP contribution in [0.1, 0.15) is 21.7 Å². The largest absolute Gasteiger partial charge is 0.478 e. The van der Waals surface area contributed by atoms with Crippen molar-refractivity contribution in [3.63, 3.8) is 0 Å².